The van der Waals surface area contributed by atoms with Crippen molar-refractivity contribution in [3.63, 3.8) is 0 Å². The van der Waals surface area contributed by atoms with Crippen molar-refractivity contribution in [2.75, 3.05) is 25.2 Å². The number of hydrogen-bond acceptors (Lipinski definition) is 3. The number of methoxy groups -OCH3 is 1. The Hall–Kier alpha value is -0.870. The minimum atomic E-state index is -0.787. The van der Waals surface area contributed by atoms with Crippen LogP contribution in [0.3, 0.4) is 0 Å². The third kappa shape index (κ3) is 4.13. The number of rotatable bonds is 7. The van der Waals surface area contributed by atoms with E-state index in [1.807, 2.05) is 31.2 Å². The smallest absolute Gasteiger partial charge is 0.123 e. The van der Waals surface area contributed by atoms with Crippen molar-refractivity contribution in [1.29, 1.82) is 0 Å². The molecular weight excluding hydrogens is 234 g/mol. The molecule has 3 nitrogen and oxygen atoms in total. The molecule has 0 amide bonds. The van der Waals surface area contributed by atoms with Gasteiger partial charge in [-0.05, 0) is 12.6 Å². The molecule has 4 heteroatoms. The van der Waals surface area contributed by atoms with Crippen LogP contribution in [0.5, 0.6) is 5.75 Å². The minimum Gasteiger partial charge on any atom is -0.496 e. The van der Waals surface area contributed by atoms with Crippen molar-refractivity contribution in [1.82, 2.24) is 5.32 Å². The van der Waals surface area contributed by atoms with Gasteiger partial charge in [0.2, 0.25) is 0 Å². The Bertz CT molecular complexity index is 368. The predicted octanol–water partition coefficient (Wildman–Crippen LogP) is 2.11. The molecule has 96 valence electrons. The van der Waals surface area contributed by atoms with Crippen molar-refractivity contribution >= 4 is 10.8 Å². The van der Waals surface area contributed by atoms with Crippen molar-refractivity contribution in [2.45, 2.75) is 19.9 Å². The Kier molecular flexibility index (Phi) is 6.22. The van der Waals surface area contributed by atoms with Crippen molar-refractivity contribution in [3.05, 3.63) is 29.8 Å². The maximum absolute atomic E-state index is 11.7. The van der Waals surface area contributed by atoms with Crippen molar-refractivity contribution in [3.8, 4) is 5.75 Å². The van der Waals surface area contributed by atoms with E-state index >= 15 is 0 Å². The van der Waals surface area contributed by atoms with Gasteiger partial charge in [0.15, 0.2) is 0 Å². The zero-order chi connectivity index (χ0) is 12.7. The molecular formula is C13H21NO2S. The van der Waals surface area contributed by atoms with Crippen LogP contribution in [0.1, 0.15) is 25.5 Å². The summed E-state index contributed by atoms with van der Waals surface area (Å²) in [5, 5.41) is 3.37. The molecule has 0 fully saturated rings. The van der Waals surface area contributed by atoms with Crippen LogP contribution in [-0.2, 0) is 10.8 Å². The van der Waals surface area contributed by atoms with Gasteiger partial charge in [-0.3, -0.25) is 4.21 Å². The molecule has 1 rings (SSSR count). The highest BCUT2D eigenvalue weighted by atomic mass is 32.2. The average molecular weight is 255 g/mol. The fourth-order valence-corrected chi connectivity index (χ4v) is 2.67. The number of benzene rings is 1. The van der Waals surface area contributed by atoms with E-state index in [0.717, 1.165) is 17.9 Å². The second kappa shape index (κ2) is 7.45. The van der Waals surface area contributed by atoms with E-state index in [4.69, 9.17) is 4.74 Å². The lowest BCUT2D eigenvalue weighted by atomic mass is 10.1. The molecule has 0 aliphatic carbocycles. The van der Waals surface area contributed by atoms with Gasteiger partial charge in [0.05, 0.1) is 7.11 Å². The van der Waals surface area contributed by atoms with Crippen LogP contribution in [0.25, 0.3) is 0 Å². The molecule has 0 aliphatic heterocycles. The first-order chi connectivity index (χ1) is 8.22. The summed E-state index contributed by atoms with van der Waals surface area (Å²) in [4.78, 5) is 0. The molecule has 1 aromatic carbocycles. The van der Waals surface area contributed by atoms with Gasteiger partial charge in [-0.1, -0.05) is 32.0 Å². The maximum Gasteiger partial charge on any atom is 0.123 e. The van der Waals surface area contributed by atoms with Gasteiger partial charge in [0, 0.05) is 33.9 Å². The summed E-state index contributed by atoms with van der Waals surface area (Å²) in [5.74, 6) is 2.17. The van der Waals surface area contributed by atoms with E-state index in [2.05, 4.69) is 12.2 Å². The van der Waals surface area contributed by atoms with Gasteiger partial charge >= 0.3 is 0 Å². The molecule has 0 saturated carbocycles. The number of hydrogen-bond donors (Lipinski definition) is 1. The lowest BCUT2D eigenvalue weighted by Gasteiger charge is -2.20. The third-order valence-corrected chi connectivity index (χ3v) is 3.99. The molecule has 17 heavy (non-hydrogen) atoms. The molecule has 1 N–H and O–H groups in total. The number of ether oxygens (including phenoxy) is 1. The predicted molar refractivity (Wildman–Crippen MR) is 73.0 cm³/mol. The molecule has 0 aliphatic rings. The van der Waals surface area contributed by atoms with Gasteiger partial charge < -0.3 is 10.1 Å². The standard InChI is InChI=1S/C13H21NO2S/c1-4-14-12(10-17(15)5-2)11-8-6-7-9-13(11)16-3/h6-9,12,14H,4-5,10H2,1-3H3. The molecule has 1 aromatic rings. The second-order valence-corrected chi connectivity index (χ2v) is 5.54. The summed E-state index contributed by atoms with van der Waals surface area (Å²) in [6.07, 6.45) is 0. The molecule has 0 heterocycles. The van der Waals surface area contributed by atoms with Crippen LogP contribution in [0.2, 0.25) is 0 Å². The van der Waals surface area contributed by atoms with Crippen molar-refractivity contribution in [2.24, 2.45) is 0 Å². The molecule has 0 aromatic heterocycles. The monoisotopic (exact) mass is 255 g/mol. The number of para-hydroxylation sites is 1. The molecule has 0 saturated heterocycles. The SMILES string of the molecule is CCNC(CS(=O)CC)c1ccccc1OC. The molecule has 0 bridgehead atoms. The fraction of sp³-hybridized carbons (Fsp3) is 0.538. The lowest BCUT2D eigenvalue weighted by molar-refractivity contribution is 0.403. The van der Waals surface area contributed by atoms with Crippen molar-refractivity contribution < 1.29 is 8.95 Å². The normalized spacial score (nSPS) is 14.3. The van der Waals surface area contributed by atoms with E-state index < -0.39 is 10.8 Å². The van der Waals surface area contributed by atoms with E-state index in [1.165, 1.54) is 0 Å². The minimum absolute atomic E-state index is 0.0944. The third-order valence-electron chi connectivity index (χ3n) is 2.64. The highest BCUT2D eigenvalue weighted by Crippen LogP contribution is 2.25. The Morgan fingerprint density at radius 2 is 2.06 bits per heavy atom. The van der Waals surface area contributed by atoms with Crippen LogP contribution in [-0.4, -0.2) is 29.4 Å². The Morgan fingerprint density at radius 3 is 2.65 bits per heavy atom. The fourth-order valence-electron chi connectivity index (χ4n) is 1.76. The van der Waals surface area contributed by atoms with Gasteiger partial charge in [0.25, 0.3) is 0 Å². The van der Waals surface area contributed by atoms with Crippen LogP contribution in [0.15, 0.2) is 24.3 Å². The second-order valence-electron chi connectivity index (χ2n) is 3.75. The van der Waals surface area contributed by atoms with Gasteiger partial charge in [-0.2, -0.15) is 0 Å². The first-order valence-electron chi connectivity index (χ1n) is 5.94. The van der Waals surface area contributed by atoms with E-state index in [0.29, 0.717) is 11.5 Å². The van der Waals surface area contributed by atoms with Gasteiger partial charge in [-0.25, -0.2) is 0 Å². The Morgan fingerprint density at radius 1 is 1.35 bits per heavy atom. The Balaban J connectivity index is 2.91. The quantitative estimate of drug-likeness (QED) is 0.811. The molecule has 0 spiro atoms. The Labute approximate surface area is 106 Å². The summed E-state index contributed by atoms with van der Waals surface area (Å²) >= 11 is 0. The molecule has 2 atom stereocenters. The maximum atomic E-state index is 11.7. The zero-order valence-corrected chi connectivity index (χ0v) is 11.5. The molecule has 2 unspecified atom stereocenters. The van der Waals surface area contributed by atoms with Gasteiger partial charge in [0.1, 0.15) is 5.75 Å². The topological polar surface area (TPSA) is 38.3 Å². The average Bonchev–Trinajstić information content (AvgIpc) is 2.38. The van der Waals surface area contributed by atoms with E-state index in [1.54, 1.807) is 7.11 Å². The van der Waals surface area contributed by atoms with Crippen LogP contribution in [0, 0.1) is 0 Å². The largest absolute Gasteiger partial charge is 0.496 e. The van der Waals surface area contributed by atoms with E-state index in [9.17, 15) is 4.21 Å². The zero-order valence-electron chi connectivity index (χ0n) is 10.7. The van der Waals surface area contributed by atoms with E-state index in [-0.39, 0.29) is 6.04 Å². The summed E-state index contributed by atoms with van der Waals surface area (Å²) in [6, 6.07) is 7.99. The van der Waals surface area contributed by atoms with Crippen LogP contribution >= 0.6 is 0 Å². The highest BCUT2D eigenvalue weighted by Gasteiger charge is 2.16. The first kappa shape index (κ1) is 14.2. The first-order valence-corrected chi connectivity index (χ1v) is 7.43. The summed E-state index contributed by atoms with van der Waals surface area (Å²) in [6.45, 7) is 4.85. The molecule has 0 radical (unpaired) electrons. The van der Waals surface area contributed by atoms with Crippen LogP contribution in [0.4, 0.5) is 0 Å². The summed E-state index contributed by atoms with van der Waals surface area (Å²) in [7, 11) is 0.878. The highest BCUT2D eigenvalue weighted by molar-refractivity contribution is 7.84. The van der Waals surface area contributed by atoms with Crippen LogP contribution < -0.4 is 10.1 Å². The van der Waals surface area contributed by atoms with Gasteiger partial charge in [-0.15, -0.1) is 0 Å². The summed E-state index contributed by atoms with van der Waals surface area (Å²) < 4.78 is 17.0. The lowest BCUT2D eigenvalue weighted by Crippen LogP contribution is -2.27. The summed E-state index contributed by atoms with van der Waals surface area (Å²) in [5.41, 5.74) is 1.08. The number of nitrogens with one attached hydrogen (secondary N) is 1.